The second-order valence-corrected chi connectivity index (χ2v) is 4.06. The van der Waals surface area contributed by atoms with Crippen LogP contribution in [0.3, 0.4) is 0 Å². The van der Waals surface area contributed by atoms with Crippen molar-refractivity contribution in [1.29, 1.82) is 0 Å². The monoisotopic (exact) mass is 265 g/mol. The topological polar surface area (TPSA) is 60.2 Å². The molecule has 19 heavy (non-hydrogen) atoms. The lowest BCUT2D eigenvalue weighted by Crippen LogP contribution is -2.15. The van der Waals surface area contributed by atoms with Gasteiger partial charge in [-0.2, -0.15) is 4.98 Å². The maximum Gasteiger partial charge on any atom is 0.244 e. The quantitative estimate of drug-likeness (QED) is 0.900. The summed E-state index contributed by atoms with van der Waals surface area (Å²) in [6.07, 6.45) is 0.838. The number of rotatable bonds is 5. The van der Waals surface area contributed by atoms with Gasteiger partial charge in [0.05, 0.1) is 13.2 Å². The Hall–Kier alpha value is -1.95. The molecule has 0 spiro atoms. The molecule has 0 amide bonds. The number of hydrogen-bond donors (Lipinski definition) is 1. The van der Waals surface area contributed by atoms with Crippen molar-refractivity contribution in [3.05, 3.63) is 29.9 Å². The SMILES string of the molecule is CCC(NC)c1nc(-c2ccc(F)c(OC)c2)no1. The first-order valence-corrected chi connectivity index (χ1v) is 6.04. The molecule has 1 atom stereocenters. The normalized spacial score (nSPS) is 12.4. The lowest BCUT2D eigenvalue weighted by atomic mass is 10.2. The molecule has 2 aromatic rings. The van der Waals surface area contributed by atoms with Crippen LogP contribution in [0.25, 0.3) is 11.4 Å². The van der Waals surface area contributed by atoms with Gasteiger partial charge in [0.25, 0.3) is 0 Å². The number of ether oxygens (including phenoxy) is 1. The molecule has 1 N–H and O–H groups in total. The van der Waals surface area contributed by atoms with Crippen LogP contribution in [0.5, 0.6) is 5.75 Å². The van der Waals surface area contributed by atoms with Crippen LogP contribution in [0.4, 0.5) is 4.39 Å². The second kappa shape index (κ2) is 5.79. The molecule has 0 bridgehead atoms. The number of aromatic nitrogens is 2. The Kier molecular flexibility index (Phi) is 4.11. The second-order valence-electron chi connectivity index (χ2n) is 4.06. The van der Waals surface area contributed by atoms with Gasteiger partial charge in [-0.3, -0.25) is 0 Å². The van der Waals surface area contributed by atoms with Gasteiger partial charge in [0.2, 0.25) is 11.7 Å². The molecule has 1 aromatic carbocycles. The zero-order valence-corrected chi connectivity index (χ0v) is 11.1. The zero-order valence-electron chi connectivity index (χ0n) is 11.1. The Balaban J connectivity index is 2.32. The van der Waals surface area contributed by atoms with Crippen LogP contribution in [-0.2, 0) is 0 Å². The van der Waals surface area contributed by atoms with Crippen molar-refractivity contribution in [2.75, 3.05) is 14.2 Å². The van der Waals surface area contributed by atoms with Gasteiger partial charge in [-0.15, -0.1) is 0 Å². The van der Waals surface area contributed by atoms with E-state index in [9.17, 15) is 4.39 Å². The van der Waals surface area contributed by atoms with E-state index in [1.165, 1.54) is 13.2 Å². The summed E-state index contributed by atoms with van der Waals surface area (Å²) < 4.78 is 23.5. The standard InChI is InChI=1S/C13H16FN3O2/c1-4-10(15-2)13-16-12(17-19-13)8-5-6-9(14)11(7-8)18-3/h5-7,10,15H,4H2,1-3H3. The lowest BCUT2D eigenvalue weighted by molar-refractivity contribution is 0.334. The highest BCUT2D eigenvalue weighted by Gasteiger charge is 2.17. The smallest absolute Gasteiger partial charge is 0.244 e. The molecule has 0 saturated carbocycles. The number of nitrogens with zero attached hydrogens (tertiary/aromatic N) is 2. The van der Waals surface area contributed by atoms with Crippen LogP contribution in [0.1, 0.15) is 25.3 Å². The summed E-state index contributed by atoms with van der Waals surface area (Å²) in [5.74, 6) is 0.673. The third-order valence-electron chi connectivity index (χ3n) is 2.91. The van der Waals surface area contributed by atoms with Crippen LogP contribution < -0.4 is 10.1 Å². The molecule has 2 rings (SSSR count). The fourth-order valence-corrected chi connectivity index (χ4v) is 1.80. The molecule has 1 unspecified atom stereocenters. The van der Waals surface area contributed by atoms with Crippen molar-refractivity contribution in [2.45, 2.75) is 19.4 Å². The third-order valence-corrected chi connectivity index (χ3v) is 2.91. The van der Waals surface area contributed by atoms with Gasteiger partial charge in [-0.25, -0.2) is 4.39 Å². The van der Waals surface area contributed by atoms with E-state index in [1.807, 2.05) is 14.0 Å². The van der Waals surface area contributed by atoms with Gasteiger partial charge < -0.3 is 14.6 Å². The molecule has 5 nitrogen and oxygen atoms in total. The predicted molar refractivity (Wildman–Crippen MR) is 68.3 cm³/mol. The minimum Gasteiger partial charge on any atom is -0.494 e. The van der Waals surface area contributed by atoms with Crippen molar-refractivity contribution in [1.82, 2.24) is 15.5 Å². The molecule has 1 aromatic heterocycles. The van der Waals surface area contributed by atoms with Crippen molar-refractivity contribution < 1.29 is 13.7 Å². The highest BCUT2D eigenvalue weighted by atomic mass is 19.1. The Labute approximate surface area is 110 Å². The first-order chi connectivity index (χ1) is 9.19. The van der Waals surface area contributed by atoms with Crippen molar-refractivity contribution >= 4 is 0 Å². The molecule has 0 fully saturated rings. The highest BCUT2D eigenvalue weighted by Crippen LogP contribution is 2.25. The summed E-state index contributed by atoms with van der Waals surface area (Å²) >= 11 is 0. The number of hydrogen-bond acceptors (Lipinski definition) is 5. The summed E-state index contributed by atoms with van der Waals surface area (Å²) in [5.41, 5.74) is 0.652. The Morgan fingerprint density at radius 3 is 2.89 bits per heavy atom. The van der Waals surface area contributed by atoms with Gasteiger partial charge in [-0.05, 0) is 31.7 Å². The van der Waals surface area contributed by atoms with E-state index >= 15 is 0 Å². The van der Waals surface area contributed by atoms with Gasteiger partial charge in [0.15, 0.2) is 11.6 Å². The summed E-state index contributed by atoms with van der Waals surface area (Å²) in [5, 5.41) is 6.99. The molecule has 0 aliphatic carbocycles. The molecular weight excluding hydrogens is 249 g/mol. The average molecular weight is 265 g/mol. The van der Waals surface area contributed by atoms with Crippen LogP contribution in [0.15, 0.2) is 22.7 Å². The van der Waals surface area contributed by atoms with Crippen LogP contribution in [0.2, 0.25) is 0 Å². The van der Waals surface area contributed by atoms with Crippen LogP contribution in [0, 0.1) is 5.82 Å². The molecule has 1 heterocycles. The maximum atomic E-state index is 13.3. The number of benzene rings is 1. The van der Waals surface area contributed by atoms with Crippen molar-refractivity contribution in [3.63, 3.8) is 0 Å². The van der Waals surface area contributed by atoms with E-state index in [4.69, 9.17) is 9.26 Å². The summed E-state index contributed by atoms with van der Waals surface area (Å²) in [6, 6.07) is 4.47. The van der Waals surface area contributed by atoms with Crippen LogP contribution in [-0.4, -0.2) is 24.3 Å². The minimum atomic E-state index is -0.420. The summed E-state index contributed by atoms with van der Waals surface area (Å²) in [7, 11) is 3.25. The van der Waals surface area contributed by atoms with E-state index in [1.54, 1.807) is 12.1 Å². The average Bonchev–Trinajstić information content (AvgIpc) is 2.90. The predicted octanol–water partition coefficient (Wildman–Crippen LogP) is 2.55. The van der Waals surface area contributed by atoms with Crippen LogP contribution >= 0.6 is 0 Å². The van der Waals surface area contributed by atoms with Crippen molar-refractivity contribution in [2.24, 2.45) is 0 Å². The van der Waals surface area contributed by atoms with Crippen molar-refractivity contribution in [3.8, 4) is 17.1 Å². The third kappa shape index (κ3) is 2.73. The molecule has 0 saturated heterocycles. The Morgan fingerprint density at radius 2 is 2.26 bits per heavy atom. The van der Waals surface area contributed by atoms with Gasteiger partial charge >= 0.3 is 0 Å². The van der Waals surface area contributed by atoms with E-state index in [2.05, 4.69) is 15.5 Å². The Morgan fingerprint density at radius 1 is 1.47 bits per heavy atom. The molecule has 0 aliphatic heterocycles. The van der Waals surface area contributed by atoms with E-state index in [0.717, 1.165) is 6.42 Å². The van der Waals surface area contributed by atoms with Gasteiger partial charge in [-0.1, -0.05) is 12.1 Å². The van der Waals surface area contributed by atoms with Gasteiger partial charge in [0.1, 0.15) is 0 Å². The highest BCUT2D eigenvalue weighted by molar-refractivity contribution is 5.57. The minimum absolute atomic E-state index is 0.0172. The largest absolute Gasteiger partial charge is 0.494 e. The molecule has 102 valence electrons. The van der Waals surface area contributed by atoms with E-state index in [0.29, 0.717) is 17.3 Å². The Bertz CT molecular complexity index is 553. The molecule has 0 aliphatic rings. The van der Waals surface area contributed by atoms with Gasteiger partial charge in [0, 0.05) is 5.56 Å². The fraction of sp³-hybridized carbons (Fsp3) is 0.385. The van der Waals surface area contributed by atoms with E-state index in [-0.39, 0.29) is 11.8 Å². The fourth-order valence-electron chi connectivity index (χ4n) is 1.80. The number of halogens is 1. The first kappa shape index (κ1) is 13.5. The lowest BCUT2D eigenvalue weighted by Gasteiger charge is -2.06. The zero-order chi connectivity index (χ0) is 13.8. The summed E-state index contributed by atoms with van der Waals surface area (Å²) in [6.45, 7) is 2.02. The molecule has 6 heteroatoms. The number of methoxy groups -OCH3 is 1. The first-order valence-electron chi connectivity index (χ1n) is 6.04. The molecule has 0 radical (unpaired) electrons. The number of nitrogens with one attached hydrogen (secondary N) is 1. The maximum absolute atomic E-state index is 13.3. The molecular formula is C13H16FN3O2. The van der Waals surface area contributed by atoms with E-state index < -0.39 is 5.82 Å². The summed E-state index contributed by atoms with van der Waals surface area (Å²) in [4.78, 5) is 4.31.